The van der Waals surface area contributed by atoms with Crippen molar-refractivity contribution in [1.82, 2.24) is 0 Å². The SMILES string of the molecule is COc1cc(CNc2cc(Cl)ccc2Cl)c(Cl)cc1OCc1c(Cl)cccc1Cl. The highest BCUT2D eigenvalue weighted by Crippen LogP contribution is 2.36. The first kappa shape index (κ1) is 22.2. The fourth-order valence-corrected chi connectivity index (χ4v) is 3.71. The molecule has 0 saturated heterocycles. The van der Waals surface area contributed by atoms with Crippen LogP contribution in [-0.4, -0.2) is 7.11 Å². The summed E-state index contributed by atoms with van der Waals surface area (Å²) in [6.45, 7) is 0.604. The first-order valence-electron chi connectivity index (χ1n) is 8.50. The van der Waals surface area contributed by atoms with Gasteiger partial charge in [-0.05, 0) is 42.0 Å². The Morgan fingerprint density at radius 3 is 2.21 bits per heavy atom. The van der Waals surface area contributed by atoms with Crippen molar-refractivity contribution in [3.8, 4) is 11.5 Å². The molecule has 0 aliphatic heterocycles. The third-order valence-electron chi connectivity index (χ3n) is 4.16. The summed E-state index contributed by atoms with van der Waals surface area (Å²) in [5.41, 5.74) is 2.21. The lowest BCUT2D eigenvalue weighted by Gasteiger charge is -2.16. The normalized spacial score (nSPS) is 10.7. The Kier molecular flexibility index (Phi) is 7.66. The number of nitrogens with one attached hydrogen (secondary N) is 1. The number of hydrogen-bond acceptors (Lipinski definition) is 3. The van der Waals surface area contributed by atoms with Crippen molar-refractivity contribution in [3.63, 3.8) is 0 Å². The van der Waals surface area contributed by atoms with E-state index >= 15 is 0 Å². The maximum absolute atomic E-state index is 6.45. The predicted molar refractivity (Wildman–Crippen MR) is 123 cm³/mol. The number of benzene rings is 3. The minimum atomic E-state index is 0.181. The van der Waals surface area contributed by atoms with E-state index in [9.17, 15) is 0 Å². The topological polar surface area (TPSA) is 30.5 Å². The number of anilines is 1. The Morgan fingerprint density at radius 1 is 0.793 bits per heavy atom. The van der Waals surface area contributed by atoms with Crippen LogP contribution in [0.2, 0.25) is 25.1 Å². The summed E-state index contributed by atoms with van der Waals surface area (Å²) in [6, 6.07) is 14.0. The minimum absolute atomic E-state index is 0.181. The van der Waals surface area contributed by atoms with Gasteiger partial charge in [0.1, 0.15) is 6.61 Å². The molecule has 152 valence electrons. The van der Waals surface area contributed by atoms with E-state index in [0.717, 1.165) is 5.56 Å². The van der Waals surface area contributed by atoms with Gasteiger partial charge in [0.2, 0.25) is 0 Å². The molecule has 3 nitrogen and oxygen atoms in total. The highest BCUT2D eigenvalue weighted by molar-refractivity contribution is 6.36. The molecule has 0 aliphatic carbocycles. The first-order valence-corrected chi connectivity index (χ1v) is 10.4. The number of rotatable bonds is 7. The lowest BCUT2D eigenvalue weighted by atomic mass is 10.2. The summed E-state index contributed by atoms with van der Waals surface area (Å²) in [5, 5.41) is 5.94. The van der Waals surface area contributed by atoms with Crippen LogP contribution in [0.1, 0.15) is 11.1 Å². The van der Waals surface area contributed by atoms with E-state index in [1.807, 2.05) is 0 Å². The average Bonchev–Trinajstić information content (AvgIpc) is 2.69. The summed E-state index contributed by atoms with van der Waals surface area (Å²) in [4.78, 5) is 0. The Hall–Kier alpha value is -1.49. The average molecular weight is 492 g/mol. The third kappa shape index (κ3) is 5.56. The van der Waals surface area contributed by atoms with Crippen LogP contribution < -0.4 is 14.8 Å². The van der Waals surface area contributed by atoms with Crippen LogP contribution in [0, 0.1) is 0 Å². The van der Waals surface area contributed by atoms with Crippen LogP contribution in [0.3, 0.4) is 0 Å². The summed E-state index contributed by atoms with van der Waals surface area (Å²) in [7, 11) is 1.56. The molecule has 0 heterocycles. The van der Waals surface area contributed by atoms with Gasteiger partial charge in [0.15, 0.2) is 11.5 Å². The van der Waals surface area contributed by atoms with E-state index in [4.69, 9.17) is 67.5 Å². The molecule has 8 heteroatoms. The number of halogens is 5. The Morgan fingerprint density at radius 2 is 1.52 bits per heavy atom. The molecule has 0 aromatic heterocycles. The van der Waals surface area contributed by atoms with Crippen LogP contribution in [0.25, 0.3) is 0 Å². The van der Waals surface area contributed by atoms with Gasteiger partial charge in [-0.2, -0.15) is 0 Å². The van der Waals surface area contributed by atoms with E-state index in [1.165, 1.54) is 0 Å². The van der Waals surface area contributed by atoms with Crippen molar-refractivity contribution in [2.24, 2.45) is 0 Å². The first-order chi connectivity index (χ1) is 13.9. The second kappa shape index (κ2) is 10.0. The van der Waals surface area contributed by atoms with Crippen LogP contribution in [-0.2, 0) is 13.2 Å². The number of hydrogen-bond donors (Lipinski definition) is 1. The van der Waals surface area contributed by atoms with Crippen molar-refractivity contribution < 1.29 is 9.47 Å². The maximum atomic E-state index is 6.45. The number of methoxy groups -OCH3 is 1. The standard InChI is InChI=1S/C21H16Cl5NO2/c1-28-20-7-12(10-27-19-8-13(22)5-6-17(19)25)18(26)9-21(20)29-11-14-15(23)3-2-4-16(14)24/h2-9,27H,10-11H2,1H3. The van der Waals surface area contributed by atoms with Gasteiger partial charge in [0, 0.05) is 38.3 Å². The summed E-state index contributed by atoms with van der Waals surface area (Å²) in [5.74, 6) is 1.02. The second-order valence-corrected chi connectivity index (χ2v) is 8.13. The largest absolute Gasteiger partial charge is 0.493 e. The monoisotopic (exact) mass is 489 g/mol. The summed E-state index contributed by atoms with van der Waals surface area (Å²) in [6.07, 6.45) is 0. The maximum Gasteiger partial charge on any atom is 0.163 e. The van der Waals surface area contributed by atoms with Crippen molar-refractivity contribution in [2.45, 2.75) is 13.2 Å². The van der Waals surface area contributed by atoms with E-state index in [0.29, 0.717) is 54.4 Å². The smallest absolute Gasteiger partial charge is 0.163 e. The van der Waals surface area contributed by atoms with Gasteiger partial charge in [-0.25, -0.2) is 0 Å². The van der Waals surface area contributed by atoms with Crippen molar-refractivity contribution in [2.75, 3.05) is 12.4 Å². The van der Waals surface area contributed by atoms with E-state index in [-0.39, 0.29) is 6.61 Å². The zero-order valence-corrected chi connectivity index (χ0v) is 19.0. The van der Waals surface area contributed by atoms with Crippen LogP contribution >= 0.6 is 58.0 Å². The van der Waals surface area contributed by atoms with Crippen LogP contribution in [0.4, 0.5) is 5.69 Å². The fraction of sp³-hybridized carbons (Fsp3) is 0.143. The molecule has 0 aliphatic rings. The van der Waals surface area contributed by atoms with Crippen LogP contribution in [0.15, 0.2) is 48.5 Å². The molecule has 29 heavy (non-hydrogen) atoms. The van der Waals surface area contributed by atoms with E-state index < -0.39 is 0 Å². The molecule has 0 fully saturated rings. The lowest BCUT2D eigenvalue weighted by molar-refractivity contribution is 0.284. The molecule has 3 rings (SSSR count). The van der Waals surface area contributed by atoms with Crippen LogP contribution in [0.5, 0.6) is 11.5 Å². The van der Waals surface area contributed by atoms with Crippen molar-refractivity contribution in [3.05, 3.63) is 84.8 Å². The van der Waals surface area contributed by atoms with Gasteiger partial charge in [-0.3, -0.25) is 0 Å². The molecular weight excluding hydrogens is 476 g/mol. The predicted octanol–water partition coefficient (Wildman–Crippen LogP) is 8.15. The van der Waals surface area contributed by atoms with Gasteiger partial charge in [-0.15, -0.1) is 0 Å². The highest BCUT2D eigenvalue weighted by atomic mass is 35.5. The molecular formula is C21H16Cl5NO2. The summed E-state index contributed by atoms with van der Waals surface area (Å²) < 4.78 is 11.3. The molecule has 3 aromatic rings. The van der Waals surface area contributed by atoms with Crippen molar-refractivity contribution >= 4 is 63.7 Å². The molecule has 0 atom stereocenters. The molecule has 0 amide bonds. The Balaban J connectivity index is 1.77. The quantitative estimate of drug-likeness (QED) is 0.362. The molecule has 0 saturated carbocycles. The molecule has 0 radical (unpaired) electrons. The lowest BCUT2D eigenvalue weighted by Crippen LogP contribution is -2.03. The molecule has 0 unspecified atom stereocenters. The van der Waals surface area contributed by atoms with E-state index in [2.05, 4.69) is 5.32 Å². The zero-order chi connectivity index (χ0) is 21.0. The Labute approximate surface area is 194 Å². The molecule has 1 N–H and O–H groups in total. The molecule has 0 bridgehead atoms. The molecule has 0 spiro atoms. The van der Waals surface area contributed by atoms with Crippen molar-refractivity contribution in [1.29, 1.82) is 0 Å². The van der Waals surface area contributed by atoms with Gasteiger partial charge >= 0.3 is 0 Å². The minimum Gasteiger partial charge on any atom is -0.493 e. The second-order valence-electron chi connectivity index (χ2n) is 6.06. The number of ether oxygens (including phenoxy) is 2. The molecule has 3 aromatic carbocycles. The van der Waals surface area contributed by atoms with E-state index in [1.54, 1.807) is 55.6 Å². The third-order valence-corrected chi connectivity index (χ3v) is 5.79. The Bertz CT molecular complexity index is 1010. The fourth-order valence-electron chi connectivity index (χ4n) is 2.63. The summed E-state index contributed by atoms with van der Waals surface area (Å²) >= 11 is 31.1. The van der Waals surface area contributed by atoms with Gasteiger partial charge < -0.3 is 14.8 Å². The highest BCUT2D eigenvalue weighted by Gasteiger charge is 2.13. The zero-order valence-electron chi connectivity index (χ0n) is 15.2. The van der Waals surface area contributed by atoms with Gasteiger partial charge in [-0.1, -0.05) is 64.1 Å². The van der Waals surface area contributed by atoms with Gasteiger partial charge in [0.05, 0.1) is 17.8 Å². The van der Waals surface area contributed by atoms with Gasteiger partial charge in [0.25, 0.3) is 0 Å².